The lowest BCUT2D eigenvalue weighted by Gasteiger charge is -2.29. The molecule has 0 spiro atoms. The topological polar surface area (TPSA) is 49.3 Å². The summed E-state index contributed by atoms with van der Waals surface area (Å²) in [7, 11) is 0. The van der Waals surface area contributed by atoms with Gasteiger partial charge in [0, 0.05) is 39.3 Å². The molecule has 1 unspecified atom stereocenters. The quantitative estimate of drug-likeness (QED) is 0.549. The Bertz CT molecular complexity index is 684. The lowest BCUT2D eigenvalue weighted by atomic mass is 10.1. The Hall–Kier alpha value is -2.00. The van der Waals surface area contributed by atoms with E-state index in [-0.39, 0.29) is 17.9 Å². The molecule has 0 aromatic heterocycles. The molecule has 3 rings (SSSR count). The first kappa shape index (κ1) is 21.7. The maximum Gasteiger partial charge on any atom is 0.387 e. The van der Waals surface area contributed by atoms with Crippen LogP contribution in [0.25, 0.3) is 0 Å². The Morgan fingerprint density at radius 1 is 1.31 bits per heavy atom. The smallest absolute Gasteiger partial charge is 0.387 e. The molecule has 1 aromatic rings. The summed E-state index contributed by atoms with van der Waals surface area (Å²) in [5, 5.41) is 3.23. The molecular formula is C20H29F3N4O2. The van der Waals surface area contributed by atoms with E-state index in [4.69, 9.17) is 4.74 Å². The van der Waals surface area contributed by atoms with Crippen LogP contribution in [0.3, 0.4) is 0 Å². The molecule has 1 atom stereocenters. The van der Waals surface area contributed by atoms with Crippen LogP contribution in [0.5, 0.6) is 5.75 Å². The standard InChI is InChI=1S/C20H29F3N4O2/c1-2-24-20(25-12-16-17(21)4-3-5-18(16)29-19(22)23)27-7-6-15(14-27)13-26-8-10-28-11-9-26/h3-5,15,19H,2,6-14H2,1H3,(H,24,25). The zero-order valence-electron chi connectivity index (χ0n) is 16.7. The molecule has 162 valence electrons. The first-order valence-electron chi connectivity index (χ1n) is 10.1. The molecule has 1 aromatic carbocycles. The molecule has 0 amide bonds. The van der Waals surface area contributed by atoms with Gasteiger partial charge in [-0.25, -0.2) is 9.38 Å². The SMILES string of the molecule is CCNC(=NCc1c(F)cccc1OC(F)F)N1CCC(CN2CCOCC2)C1. The normalized spacial score (nSPS) is 21.1. The van der Waals surface area contributed by atoms with Crippen LogP contribution in [0.15, 0.2) is 23.2 Å². The average Bonchev–Trinajstić information content (AvgIpc) is 3.15. The second kappa shape index (κ2) is 10.7. The number of ether oxygens (including phenoxy) is 2. The van der Waals surface area contributed by atoms with Crippen molar-refractivity contribution in [1.82, 2.24) is 15.1 Å². The number of likely N-dealkylation sites (tertiary alicyclic amines) is 1. The molecule has 29 heavy (non-hydrogen) atoms. The third-order valence-corrected chi connectivity index (χ3v) is 5.22. The predicted molar refractivity (Wildman–Crippen MR) is 105 cm³/mol. The number of hydrogen-bond acceptors (Lipinski definition) is 4. The molecule has 0 radical (unpaired) electrons. The van der Waals surface area contributed by atoms with Gasteiger partial charge in [-0.1, -0.05) is 6.07 Å². The van der Waals surface area contributed by atoms with E-state index in [1.165, 1.54) is 18.2 Å². The number of guanidine groups is 1. The first-order chi connectivity index (χ1) is 14.1. The minimum absolute atomic E-state index is 0.0345. The van der Waals surface area contributed by atoms with E-state index in [2.05, 4.69) is 24.8 Å². The van der Waals surface area contributed by atoms with Crippen molar-refractivity contribution in [2.24, 2.45) is 10.9 Å². The van der Waals surface area contributed by atoms with Crippen molar-refractivity contribution in [3.05, 3.63) is 29.6 Å². The number of hydrogen-bond donors (Lipinski definition) is 1. The van der Waals surface area contributed by atoms with Crippen LogP contribution in [0.1, 0.15) is 18.9 Å². The third-order valence-electron chi connectivity index (χ3n) is 5.22. The second-order valence-electron chi connectivity index (χ2n) is 7.28. The van der Waals surface area contributed by atoms with Crippen molar-refractivity contribution in [2.75, 3.05) is 52.5 Å². The summed E-state index contributed by atoms with van der Waals surface area (Å²) in [6.45, 7) is 5.80. The number of benzene rings is 1. The molecule has 2 aliphatic rings. The maximum atomic E-state index is 14.2. The van der Waals surface area contributed by atoms with Gasteiger partial charge < -0.3 is 19.7 Å². The minimum Gasteiger partial charge on any atom is -0.434 e. The predicted octanol–water partition coefficient (Wildman–Crippen LogP) is 2.55. The maximum absolute atomic E-state index is 14.2. The molecule has 2 heterocycles. The van der Waals surface area contributed by atoms with Crippen LogP contribution in [0.2, 0.25) is 0 Å². The van der Waals surface area contributed by atoms with Gasteiger partial charge in [-0.3, -0.25) is 4.90 Å². The number of halogens is 3. The first-order valence-corrected chi connectivity index (χ1v) is 10.1. The number of rotatable bonds is 7. The van der Waals surface area contributed by atoms with Gasteiger partial charge in [0.05, 0.1) is 25.3 Å². The molecule has 2 saturated heterocycles. The lowest BCUT2D eigenvalue weighted by molar-refractivity contribution is -0.0506. The number of nitrogens with one attached hydrogen (secondary N) is 1. The van der Waals surface area contributed by atoms with E-state index in [1.807, 2.05) is 6.92 Å². The highest BCUT2D eigenvalue weighted by Crippen LogP contribution is 2.25. The van der Waals surface area contributed by atoms with E-state index >= 15 is 0 Å². The fraction of sp³-hybridized carbons (Fsp3) is 0.650. The van der Waals surface area contributed by atoms with Crippen LogP contribution < -0.4 is 10.1 Å². The van der Waals surface area contributed by atoms with Crippen LogP contribution in [-0.4, -0.2) is 74.9 Å². The summed E-state index contributed by atoms with van der Waals surface area (Å²) in [5.41, 5.74) is 0.0345. The number of aliphatic imine (C=N–C) groups is 1. The summed E-state index contributed by atoms with van der Waals surface area (Å²) >= 11 is 0. The van der Waals surface area contributed by atoms with E-state index in [9.17, 15) is 13.2 Å². The number of morpholine rings is 1. The fourth-order valence-electron chi connectivity index (χ4n) is 3.80. The van der Waals surface area contributed by atoms with Gasteiger partial charge in [-0.2, -0.15) is 8.78 Å². The highest BCUT2D eigenvalue weighted by molar-refractivity contribution is 5.80. The van der Waals surface area contributed by atoms with Crippen LogP contribution in [0, 0.1) is 11.7 Å². The van der Waals surface area contributed by atoms with Crippen LogP contribution in [0.4, 0.5) is 13.2 Å². The largest absolute Gasteiger partial charge is 0.434 e. The highest BCUT2D eigenvalue weighted by Gasteiger charge is 2.27. The molecule has 1 N–H and O–H groups in total. The van der Waals surface area contributed by atoms with Crippen LogP contribution >= 0.6 is 0 Å². The van der Waals surface area contributed by atoms with Crippen molar-refractivity contribution in [2.45, 2.75) is 26.5 Å². The summed E-state index contributed by atoms with van der Waals surface area (Å²) in [6.07, 6.45) is 1.06. The third kappa shape index (κ3) is 6.24. The van der Waals surface area contributed by atoms with E-state index in [0.717, 1.165) is 52.4 Å². The summed E-state index contributed by atoms with van der Waals surface area (Å²) in [6, 6.07) is 3.91. The molecule has 9 heteroatoms. The highest BCUT2D eigenvalue weighted by atomic mass is 19.3. The zero-order valence-corrected chi connectivity index (χ0v) is 16.7. The van der Waals surface area contributed by atoms with Crippen molar-refractivity contribution in [3.8, 4) is 5.75 Å². The van der Waals surface area contributed by atoms with E-state index < -0.39 is 12.4 Å². The van der Waals surface area contributed by atoms with Crippen LogP contribution in [-0.2, 0) is 11.3 Å². The fourth-order valence-corrected chi connectivity index (χ4v) is 3.80. The number of alkyl halides is 2. The van der Waals surface area contributed by atoms with Crippen molar-refractivity contribution < 1.29 is 22.6 Å². The van der Waals surface area contributed by atoms with Crippen molar-refractivity contribution in [3.63, 3.8) is 0 Å². The van der Waals surface area contributed by atoms with Crippen molar-refractivity contribution in [1.29, 1.82) is 0 Å². The lowest BCUT2D eigenvalue weighted by Crippen LogP contribution is -2.42. The average molecular weight is 414 g/mol. The van der Waals surface area contributed by atoms with Gasteiger partial charge in [0.15, 0.2) is 5.96 Å². The molecule has 0 bridgehead atoms. The number of nitrogens with zero attached hydrogens (tertiary/aromatic N) is 3. The Morgan fingerprint density at radius 3 is 2.83 bits per heavy atom. The molecular weight excluding hydrogens is 385 g/mol. The Morgan fingerprint density at radius 2 is 2.10 bits per heavy atom. The van der Waals surface area contributed by atoms with Crippen molar-refractivity contribution >= 4 is 5.96 Å². The molecule has 0 saturated carbocycles. The summed E-state index contributed by atoms with van der Waals surface area (Å²) in [4.78, 5) is 9.09. The molecule has 0 aliphatic carbocycles. The van der Waals surface area contributed by atoms with Gasteiger partial charge in [-0.15, -0.1) is 0 Å². The van der Waals surface area contributed by atoms with Gasteiger partial charge >= 0.3 is 6.61 Å². The summed E-state index contributed by atoms with van der Waals surface area (Å²) < 4.78 is 49.3. The van der Waals surface area contributed by atoms with Gasteiger partial charge in [-0.05, 0) is 31.4 Å². The minimum atomic E-state index is -3.01. The Kier molecular flexibility index (Phi) is 8.00. The molecule has 2 aliphatic heterocycles. The van der Waals surface area contributed by atoms with Gasteiger partial charge in [0.1, 0.15) is 11.6 Å². The monoisotopic (exact) mass is 414 g/mol. The molecule has 6 nitrogen and oxygen atoms in total. The van der Waals surface area contributed by atoms with Gasteiger partial charge in [0.25, 0.3) is 0 Å². The Balaban J connectivity index is 1.65. The van der Waals surface area contributed by atoms with Gasteiger partial charge in [0.2, 0.25) is 0 Å². The zero-order chi connectivity index (χ0) is 20.6. The van der Waals surface area contributed by atoms with E-state index in [1.54, 1.807) is 0 Å². The second-order valence-corrected chi connectivity index (χ2v) is 7.28. The Labute approximate surface area is 169 Å². The molecule has 2 fully saturated rings. The summed E-state index contributed by atoms with van der Waals surface area (Å²) in [5.74, 6) is 0.423. The van der Waals surface area contributed by atoms with E-state index in [0.29, 0.717) is 18.4 Å².